The Balaban J connectivity index is 2.27. The lowest BCUT2D eigenvalue weighted by molar-refractivity contribution is 0.155. The van der Waals surface area contributed by atoms with E-state index in [1.54, 1.807) is 0 Å². The van der Waals surface area contributed by atoms with Crippen molar-refractivity contribution in [1.82, 2.24) is 4.90 Å². The van der Waals surface area contributed by atoms with Gasteiger partial charge >= 0.3 is 0 Å². The molecule has 0 amide bonds. The summed E-state index contributed by atoms with van der Waals surface area (Å²) in [6.45, 7) is 4.50. The maximum absolute atomic E-state index is 8.62. The molecule has 2 atom stereocenters. The molecule has 0 aliphatic carbocycles. The van der Waals surface area contributed by atoms with Crippen LogP contribution in [0.5, 0.6) is 0 Å². The van der Waals surface area contributed by atoms with Gasteiger partial charge in [-0.15, -0.1) is 0 Å². The zero-order valence-corrected chi connectivity index (χ0v) is 7.79. The van der Waals surface area contributed by atoms with Crippen LogP contribution in [0.1, 0.15) is 13.3 Å². The topological polar surface area (TPSA) is 36.3 Å². The van der Waals surface area contributed by atoms with Crippen LogP contribution >= 0.6 is 0 Å². The van der Waals surface area contributed by atoms with Crippen LogP contribution < -0.4 is 0 Å². The molecule has 0 radical (unpaired) electrons. The van der Waals surface area contributed by atoms with Crippen LogP contribution in [0.15, 0.2) is 0 Å². The van der Waals surface area contributed by atoms with E-state index in [1.165, 1.54) is 0 Å². The maximum Gasteiger partial charge on any atom is 0.0666 e. The number of hydrogen-bond donors (Lipinski definition) is 0. The third kappa shape index (κ3) is 2.47. The van der Waals surface area contributed by atoms with Crippen LogP contribution in [-0.2, 0) is 4.74 Å². The minimum Gasteiger partial charge on any atom is -0.380 e. The fraction of sp³-hybridized carbons (Fsp3) is 0.889. The van der Waals surface area contributed by atoms with Gasteiger partial charge in [-0.25, -0.2) is 0 Å². The summed E-state index contributed by atoms with van der Waals surface area (Å²) in [5.41, 5.74) is 0. The number of ether oxygens (including phenoxy) is 1. The van der Waals surface area contributed by atoms with Crippen molar-refractivity contribution >= 4 is 0 Å². The van der Waals surface area contributed by atoms with Crippen LogP contribution in [0.4, 0.5) is 0 Å². The molecule has 0 aromatic rings. The summed E-state index contributed by atoms with van der Waals surface area (Å²) in [5, 5.41) is 8.62. The molecule has 68 valence electrons. The van der Waals surface area contributed by atoms with Gasteiger partial charge in [0.1, 0.15) is 0 Å². The van der Waals surface area contributed by atoms with E-state index in [-0.39, 0.29) is 5.92 Å². The molecule has 0 aromatic carbocycles. The molecule has 0 aromatic heterocycles. The first-order chi connectivity index (χ1) is 5.74. The van der Waals surface area contributed by atoms with Crippen molar-refractivity contribution in [3.63, 3.8) is 0 Å². The Morgan fingerprint density at radius 1 is 1.75 bits per heavy atom. The van der Waals surface area contributed by atoms with Crippen molar-refractivity contribution in [2.75, 3.05) is 26.8 Å². The highest BCUT2D eigenvalue weighted by Gasteiger charge is 2.20. The molecule has 1 rings (SSSR count). The summed E-state index contributed by atoms with van der Waals surface area (Å²) in [5.74, 6) is 0.121. The van der Waals surface area contributed by atoms with Gasteiger partial charge in [0.2, 0.25) is 0 Å². The highest BCUT2D eigenvalue weighted by Crippen LogP contribution is 2.11. The second-order valence-corrected chi connectivity index (χ2v) is 3.49. The number of rotatable bonds is 3. The van der Waals surface area contributed by atoms with Gasteiger partial charge < -0.3 is 4.74 Å². The number of nitrogens with zero attached hydrogens (tertiary/aromatic N) is 2. The van der Waals surface area contributed by atoms with E-state index in [2.05, 4.69) is 18.0 Å². The molecule has 1 aliphatic rings. The minimum atomic E-state index is 0.121. The summed E-state index contributed by atoms with van der Waals surface area (Å²) in [4.78, 5) is 2.22. The summed E-state index contributed by atoms with van der Waals surface area (Å²) < 4.78 is 5.27. The first-order valence-corrected chi connectivity index (χ1v) is 4.41. The molecule has 0 bridgehead atoms. The summed E-state index contributed by atoms with van der Waals surface area (Å²) >= 11 is 0. The monoisotopic (exact) mass is 168 g/mol. The molecule has 1 fully saturated rings. The van der Waals surface area contributed by atoms with E-state index in [0.717, 1.165) is 26.2 Å². The Bertz CT molecular complexity index is 170. The Morgan fingerprint density at radius 3 is 3.00 bits per heavy atom. The summed E-state index contributed by atoms with van der Waals surface area (Å²) in [7, 11) is 2.06. The molecule has 1 heterocycles. The molecule has 0 N–H and O–H groups in total. The first-order valence-electron chi connectivity index (χ1n) is 4.41. The summed E-state index contributed by atoms with van der Waals surface area (Å²) in [6.07, 6.45) is 1.11. The molecular weight excluding hydrogens is 152 g/mol. The van der Waals surface area contributed by atoms with Gasteiger partial charge in [-0.1, -0.05) is 0 Å². The van der Waals surface area contributed by atoms with Gasteiger partial charge in [-0.2, -0.15) is 5.26 Å². The first kappa shape index (κ1) is 9.50. The molecule has 3 nitrogen and oxygen atoms in total. The van der Waals surface area contributed by atoms with Crippen molar-refractivity contribution in [2.24, 2.45) is 5.92 Å². The molecule has 3 heteroatoms. The van der Waals surface area contributed by atoms with Crippen LogP contribution in [0.3, 0.4) is 0 Å². The van der Waals surface area contributed by atoms with Gasteiger partial charge in [0.05, 0.1) is 18.6 Å². The maximum atomic E-state index is 8.62. The lowest BCUT2D eigenvalue weighted by Gasteiger charge is -2.23. The molecule has 12 heavy (non-hydrogen) atoms. The van der Waals surface area contributed by atoms with Gasteiger partial charge in [0.25, 0.3) is 0 Å². The lowest BCUT2D eigenvalue weighted by Crippen LogP contribution is -2.34. The van der Waals surface area contributed by atoms with Gasteiger partial charge in [-0.05, 0) is 20.4 Å². The zero-order chi connectivity index (χ0) is 8.97. The van der Waals surface area contributed by atoms with Crippen LogP contribution in [0.2, 0.25) is 0 Å². The van der Waals surface area contributed by atoms with Crippen LogP contribution in [0, 0.1) is 17.2 Å². The quantitative estimate of drug-likeness (QED) is 0.627. The van der Waals surface area contributed by atoms with Crippen molar-refractivity contribution in [2.45, 2.75) is 19.4 Å². The van der Waals surface area contributed by atoms with E-state index in [1.807, 2.05) is 6.92 Å². The van der Waals surface area contributed by atoms with E-state index >= 15 is 0 Å². The molecule has 0 spiro atoms. The molecule has 2 unspecified atom stereocenters. The van der Waals surface area contributed by atoms with Crippen molar-refractivity contribution in [3.8, 4) is 6.07 Å². The fourth-order valence-electron chi connectivity index (χ4n) is 1.49. The fourth-order valence-corrected chi connectivity index (χ4v) is 1.49. The SMILES string of the molecule is CC(C#N)CN(C)C1CCOC1. The minimum absolute atomic E-state index is 0.121. The van der Waals surface area contributed by atoms with E-state index < -0.39 is 0 Å². The molecule has 0 saturated carbocycles. The second kappa shape index (κ2) is 4.44. The highest BCUT2D eigenvalue weighted by molar-refractivity contribution is 4.83. The lowest BCUT2D eigenvalue weighted by atomic mass is 10.1. The number of nitriles is 1. The number of hydrogen-bond acceptors (Lipinski definition) is 3. The van der Waals surface area contributed by atoms with Crippen molar-refractivity contribution in [1.29, 1.82) is 5.26 Å². The smallest absolute Gasteiger partial charge is 0.0666 e. The Kier molecular flexibility index (Phi) is 3.51. The van der Waals surface area contributed by atoms with Gasteiger partial charge in [-0.3, -0.25) is 4.90 Å². The van der Waals surface area contributed by atoms with Gasteiger partial charge in [0, 0.05) is 19.2 Å². The van der Waals surface area contributed by atoms with Crippen molar-refractivity contribution < 1.29 is 4.74 Å². The van der Waals surface area contributed by atoms with E-state index in [4.69, 9.17) is 10.00 Å². The predicted molar refractivity (Wildman–Crippen MR) is 46.6 cm³/mol. The Labute approximate surface area is 73.9 Å². The number of likely N-dealkylation sites (N-methyl/N-ethyl adjacent to an activating group) is 1. The normalized spacial score (nSPS) is 25.7. The molecule has 1 aliphatic heterocycles. The molecule has 1 saturated heterocycles. The zero-order valence-electron chi connectivity index (χ0n) is 7.79. The molecular formula is C9H16N2O. The predicted octanol–water partition coefficient (Wildman–Crippen LogP) is 0.867. The van der Waals surface area contributed by atoms with Gasteiger partial charge in [0.15, 0.2) is 0 Å². The van der Waals surface area contributed by atoms with Crippen LogP contribution in [-0.4, -0.2) is 37.7 Å². The average molecular weight is 168 g/mol. The highest BCUT2D eigenvalue weighted by atomic mass is 16.5. The van der Waals surface area contributed by atoms with E-state index in [9.17, 15) is 0 Å². The standard InChI is InChI=1S/C9H16N2O/c1-8(5-10)6-11(2)9-3-4-12-7-9/h8-9H,3-4,6-7H2,1-2H3. The summed E-state index contributed by atoms with van der Waals surface area (Å²) in [6, 6.07) is 2.77. The largest absolute Gasteiger partial charge is 0.380 e. The second-order valence-electron chi connectivity index (χ2n) is 3.49. The third-order valence-electron chi connectivity index (χ3n) is 2.31. The Hall–Kier alpha value is -0.590. The van der Waals surface area contributed by atoms with Crippen LogP contribution in [0.25, 0.3) is 0 Å². The third-order valence-corrected chi connectivity index (χ3v) is 2.31. The van der Waals surface area contributed by atoms with E-state index in [0.29, 0.717) is 6.04 Å². The van der Waals surface area contributed by atoms with Crippen molar-refractivity contribution in [3.05, 3.63) is 0 Å². The average Bonchev–Trinajstić information content (AvgIpc) is 2.56. The Morgan fingerprint density at radius 2 is 2.50 bits per heavy atom.